The zero-order valence-electron chi connectivity index (χ0n) is 17.6. The summed E-state index contributed by atoms with van der Waals surface area (Å²) in [6, 6.07) is 20.6. The number of hydrogen-bond acceptors (Lipinski definition) is 7. The highest BCUT2D eigenvalue weighted by Crippen LogP contribution is 2.23. The van der Waals surface area contributed by atoms with Gasteiger partial charge in [-0.25, -0.2) is 4.79 Å². The van der Waals surface area contributed by atoms with Crippen molar-refractivity contribution in [3.05, 3.63) is 78.4 Å². The van der Waals surface area contributed by atoms with Gasteiger partial charge in [-0.1, -0.05) is 6.92 Å². The van der Waals surface area contributed by atoms with Crippen molar-refractivity contribution in [3.8, 4) is 11.5 Å². The van der Waals surface area contributed by atoms with Gasteiger partial charge >= 0.3 is 11.9 Å². The Morgan fingerprint density at radius 2 is 1.23 bits per heavy atom. The third-order valence-corrected chi connectivity index (χ3v) is 4.30. The molecule has 0 spiro atoms. The van der Waals surface area contributed by atoms with Gasteiger partial charge in [-0.2, -0.15) is 10.2 Å². The topological polar surface area (TPSA) is 80.6 Å². The van der Waals surface area contributed by atoms with Crippen molar-refractivity contribution in [3.63, 3.8) is 0 Å². The van der Waals surface area contributed by atoms with Crippen molar-refractivity contribution < 1.29 is 19.1 Å². The number of rotatable bonds is 7. The van der Waals surface area contributed by atoms with Crippen LogP contribution in [0.5, 0.6) is 11.5 Å². The number of hydrogen-bond donors (Lipinski definition) is 0. The number of nitrogens with zero attached hydrogens (tertiary/aromatic N) is 3. The first-order valence-corrected chi connectivity index (χ1v) is 9.76. The molecule has 0 fully saturated rings. The van der Waals surface area contributed by atoms with Gasteiger partial charge in [0.05, 0.1) is 16.9 Å². The van der Waals surface area contributed by atoms with E-state index in [0.717, 1.165) is 11.4 Å². The molecule has 0 saturated carbocycles. The van der Waals surface area contributed by atoms with Gasteiger partial charge in [-0.3, -0.25) is 4.79 Å². The summed E-state index contributed by atoms with van der Waals surface area (Å²) in [5.74, 6) is -0.0717. The first kappa shape index (κ1) is 21.7. The van der Waals surface area contributed by atoms with E-state index in [1.165, 1.54) is 0 Å². The van der Waals surface area contributed by atoms with Crippen molar-refractivity contribution >= 4 is 29.0 Å². The summed E-state index contributed by atoms with van der Waals surface area (Å²) in [6.07, 6.45) is 0.287. The number of carbonyl (C=O) groups excluding carboxylic acids is 2. The molecular formula is C24H23N3O4. The van der Waals surface area contributed by atoms with Crippen LogP contribution >= 0.6 is 0 Å². The molecule has 0 heterocycles. The fourth-order valence-electron chi connectivity index (χ4n) is 2.54. The van der Waals surface area contributed by atoms with Gasteiger partial charge in [-0.15, -0.1) is 0 Å². The lowest BCUT2D eigenvalue weighted by Crippen LogP contribution is -2.08. The molecule has 3 aromatic carbocycles. The van der Waals surface area contributed by atoms with Crippen molar-refractivity contribution in [2.45, 2.75) is 13.3 Å². The fourth-order valence-corrected chi connectivity index (χ4v) is 2.54. The molecule has 0 N–H and O–H groups in total. The average Bonchev–Trinajstić information content (AvgIpc) is 2.79. The Balaban J connectivity index is 1.59. The maximum atomic E-state index is 12.3. The molecule has 158 valence electrons. The normalized spacial score (nSPS) is 10.7. The van der Waals surface area contributed by atoms with Crippen molar-refractivity contribution in [1.82, 2.24) is 0 Å². The number of benzene rings is 3. The highest BCUT2D eigenvalue weighted by molar-refractivity contribution is 5.91. The molecule has 7 heteroatoms. The maximum Gasteiger partial charge on any atom is 0.343 e. The minimum atomic E-state index is -0.499. The number of anilines is 1. The number of azo groups is 1. The quantitative estimate of drug-likeness (QED) is 0.280. The Kier molecular flexibility index (Phi) is 7.11. The molecule has 3 aromatic rings. The van der Waals surface area contributed by atoms with Crippen LogP contribution in [0.1, 0.15) is 23.7 Å². The Labute approximate surface area is 180 Å². The fraction of sp³-hybridized carbons (Fsp3) is 0.167. The zero-order chi connectivity index (χ0) is 22.2. The standard InChI is InChI=1S/C24H23N3O4/c1-4-23(28)30-21-13-15-22(16-14-21)31-24(29)17-5-7-18(8-6-17)25-26-19-9-11-20(12-10-19)27(2)3/h5-16H,4H2,1-3H3. The molecule has 0 aliphatic heterocycles. The summed E-state index contributed by atoms with van der Waals surface area (Å²) in [6.45, 7) is 1.72. The van der Waals surface area contributed by atoms with Crippen LogP contribution in [0.15, 0.2) is 83.0 Å². The molecule has 0 radical (unpaired) electrons. The molecule has 0 amide bonds. The van der Waals surface area contributed by atoms with Crippen molar-refractivity contribution in [2.24, 2.45) is 10.2 Å². The molecule has 0 aliphatic carbocycles. The second-order valence-electron chi connectivity index (χ2n) is 6.85. The number of esters is 2. The smallest absolute Gasteiger partial charge is 0.343 e. The van der Waals surface area contributed by atoms with Gasteiger partial charge in [0.1, 0.15) is 11.5 Å². The molecule has 0 bridgehead atoms. The van der Waals surface area contributed by atoms with Crippen LogP contribution in [-0.4, -0.2) is 26.0 Å². The number of ether oxygens (including phenoxy) is 2. The highest BCUT2D eigenvalue weighted by Gasteiger charge is 2.09. The summed E-state index contributed by atoms with van der Waals surface area (Å²) < 4.78 is 10.4. The summed E-state index contributed by atoms with van der Waals surface area (Å²) in [5.41, 5.74) is 2.83. The van der Waals surface area contributed by atoms with Crippen LogP contribution in [0.25, 0.3) is 0 Å². The van der Waals surface area contributed by atoms with Gasteiger partial charge in [-0.05, 0) is 72.8 Å². The van der Waals surface area contributed by atoms with E-state index >= 15 is 0 Å². The van der Waals surface area contributed by atoms with Gasteiger partial charge < -0.3 is 14.4 Å². The molecule has 31 heavy (non-hydrogen) atoms. The Morgan fingerprint density at radius 1 is 0.742 bits per heavy atom. The Morgan fingerprint density at radius 3 is 1.71 bits per heavy atom. The minimum Gasteiger partial charge on any atom is -0.427 e. The highest BCUT2D eigenvalue weighted by atomic mass is 16.5. The van der Waals surface area contributed by atoms with Crippen LogP contribution in [0.3, 0.4) is 0 Å². The predicted molar refractivity (Wildman–Crippen MR) is 119 cm³/mol. The first-order valence-electron chi connectivity index (χ1n) is 9.76. The third-order valence-electron chi connectivity index (χ3n) is 4.30. The van der Waals surface area contributed by atoms with Gasteiger partial charge in [0.25, 0.3) is 0 Å². The zero-order valence-corrected chi connectivity index (χ0v) is 17.6. The lowest BCUT2D eigenvalue weighted by molar-refractivity contribution is -0.134. The summed E-state index contributed by atoms with van der Waals surface area (Å²) in [4.78, 5) is 25.6. The molecule has 0 unspecified atom stereocenters. The largest absolute Gasteiger partial charge is 0.427 e. The van der Waals surface area contributed by atoms with E-state index in [9.17, 15) is 9.59 Å². The molecule has 0 aromatic heterocycles. The third kappa shape index (κ3) is 6.24. The summed E-state index contributed by atoms with van der Waals surface area (Å²) in [5, 5.41) is 8.40. The monoisotopic (exact) mass is 417 g/mol. The molecular weight excluding hydrogens is 394 g/mol. The lowest BCUT2D eigenvalue weighted by atomic mass is 10.2. The summed E-state index contributed by atoms with van der Waals surface area (Å²) in [7, 11) is 3.95. The predicted octanol–water partition coefficient (Wildman–Crippen LogP) is 5.70. The van der Waals surface area contributed by atoms with Crippen molar-refractivity contribution in [2.75, 3.05) is 19.0 Å². The van der Waals surface area contributed by atoms with Gasteiger partial charge in [0.2, 0.25) is 0 Å². The van der Waals surface area contributed by atoms with Crippen LogP contribution in [0.4, 0.5) is 17.1 Å². The SMILES string of the molecule is CCC(=O)Oc1ccc(OC(=O)c2ccc(N=Nc3ccc(N(C)C)cc3)cc2)cc1. The molecule has 0 atom stereocenters. The van der Waals surface area contributed by atoms with Crippen molar-refractivity contribution in [1.29, 1.82) is 0 Å². The second-order valence-corrected chi connectivity index (χ2v) is 6.85. The van der Waals surface area contributed by atoms with E-state index < -0.39 is 5.97 Å². The van der Waals surface area contributed by atoms with Crippen LogP contribution in [0.2, 0.25) is 0 Å². The Hall–Kier alpha value is -4.00. The van der Waals surface area contributed by atoms with Crippen LogP contribution < -0.4 is 14.4 Å². The van der Waals surface area contributed by atoms with Crippen LogP contribution in [0, 0.1) is 0 Å². The second kappa shape index (κ2) is 10.2. The van der Waals surface area contributed by atoms with E-state index in [1.807, 2.05) is 43.3 Å². The molecule has 7 nitrogen and oxygen atoms in total. The van der Waals surface area contributed by atoms with Gasteiger partial charge in [0, 0.05) is 26.2 Å². The molecule has 3 rings (SSSR count). The van der Waals surface area contributed by atoms with Crippen LogP contribution in [-0.2, 0) is 4.79 Å². The Bertz CT molecular complexity index is 1060. The lowest BCUT2D eigenvalue weighted by Gasteiger charge is -2.11. The number of carbonyl (C=O) groups is 2. The van der Waals surface area contributed by atoms with E-state index in [-0.39, 0.29) is 12.4 Å². The van der Waals surface area contributed by atoms with Gasteiger partial charge in [0.15, 0.2) is 0 Å². The van der Waals surface area contributed by atoms with E-state index in [1.54, 1.807) is 55.5 Å². The molecule has 0 saturated heterocycles. The average molecular weight is 417 g/mol. The maximum absolute atomic E-state index is 12.3. The van der Waals surface area contributed by atoms with E-state index in [0.29, 0.717) is 22.7 Å². The minimum absolute atomic E-state index is 0.287. The van der Waals surface area contributed by atoms with E-state index in [2.05, 4.69) is 10.2 Å². The molecule has 0 aliphatic rings. The van der Waals surface area contributed by atoms with E-state index in [4.69, 9.17) is 9.47 Å². The first-order chi connectivity index (χ1) is 14.9. The summed E-state index contributed by atoms with van der Waals surface area (Å²) >= 11 is 0.